The number of amides is 1. The van der Waals surface area contributed by atoms with Gasteiger partial charge >= 0.3 is 5.97 Å². The van der Waals surface area contributed by atoms with Crippen molar-refractivity contribution in [2.24, 2.45) is 0 Å². The largest absolute Gasteiger partial charge is 0.480 e. The van der Waals surface area contributed by atoms with Gasteiger partial charge < -0.3 is 15.2 Å². The fourth-order valence-corrected chi connectivity index (χ4v) is 3.50. The van der Waals surface area contributed by atoms with Crippen LogP contribution in [0.1, 0.15) is 31.0 Å². The molecule has 1 amide bonds. The molecule has 0 radical (unpaired) electrons. The van der Waals surface area contributed by atoms with E-state index in [-0.39, 0.29) is 30.6 Å². The Morgan fingerprint density at radius 3 is 2.74 bits per heavy atom. The van der Waals surface area contributed by atoms with E-state index in [4.69, 9.17) is 9.84 Å². The second kappa shape index (κ2) is 9.82. The molecule has 1 aliphatic rings. The molecule has 1 heterocycles. The van der Waals surface area contributed by atoms with Crippen LogP contribution in [0.2, 0.25) is 0 Å². The van der Waals surface area contributed by atoms with Crippen molar-refractivity contribution in [3.05, 3.63) is 35.4 Å². The Bertz CT molecular complexity index is 652. The number of rotatable bonds is 8. The van der Waals surface area contributed by atoms with Crippen molar-refractivity contribution in [1.29, 1.82) is 0 Å². The summed E-state index contributed by atoms with van der Waals surface area (Å²) in [6.45, 7) is 8.28. The Kier molecular flexibility index (Phi) is 7.77. The zero-order chi connectivity index (χ0) is 20.0. The maximum absolute atomic E-state index is 12.7. The monoisotopic (exact) mass is 377 g/mol. The molecule has 7 heteroatoms. The number of carbonyl (C=O) groups excluding carboxylic acids is 1. The van der Waals surface area contributed by atoms with Gasteiger partial charge in [0.2, 0.25) is 5.91 Å². The molecule has 0 spiro atoms. The van der Waals surface area contributed by atoms with Gasteiger partial charge in [-0.25, -0.2) is 0 Å². The lowest BCUT2D eigenvalue weighted by Gasteiger charge is -2.37. The topological polar surface area (TPSA) is 82.1 Å². The highest BCUT2D eigenvalue weighted by Gasteiger charge is 2.29. The summed E-state index contributed by atoms with van der Waals surface area (Å²) in [5.41, 5.74) is 2.28. The molecule has 150 valence electrons. The quantitative estimate of drug-likeness (QED) is 0.710. The van der Waals surface area contributed by atoms with E-state index in [2.05, 4.69) is 10.2 Å². The van der Waals surface area contributed by atoms with Gasteiger partial charge in [-0.2, -0.15) is 0 Å². The lowest BCUT2D eigenvalue weighted by atomic mass is 10.0. The van der Waals surface area contributed by atoms with Gasteiger partial charge in [0.05, 0.1) is 31.3 Å². The molecule has 0 aromatic heterocycles. The van der Waals surface area contributed by atoms with Gasteiger partial charge in [-0.15, -0.1) is 0 Å². The van der Waals surface area contributed by atoms with E-state index in [9.17, 15) is 9.59 Å². The molecule has 1 aromatic rings. The number of carbonyl (C=O) groups is 2. The molecule has 7 nitrogen and oxygen atoms in total. The molecule has 2 N–H and O–H groups in total. The van der Waals surface area contributed by atoms with E-state index in [1.807, 2.05) is 45.0 Å². The van der Waals surface area contributed by atoms with Crippen LogP contribution in [0.5, 0.6) is 0 Å². The summed E-state index contributed by atoms with van der Waals surface area (Å²) in [5.74, 6) is -0.867. The highest BCUT2D eigenvalue weighted by atomic mass is 16.5. The van der Waals surface area contributed by atoms with Crippen LogP contribution >= 0.6 is 0 Å². The lowest BCUT2D eigenvalue weighted by Crippen LogP contribution is -2.54. The van der Waals surface area contributed by atoms with Crippen LogP contribution in [0, 0.1) is 6.92 Å². The first kappa shape index (κ1) is 21.3. The molecule has 1 fully saturated rings. The minimum absolute atomic E-state index is 0.00899. The highest BCUT2D eigenvalue weighted by Crippen LogP contribution is 2.17. The summed E-state index contributed by atoms with van der Waals surface area (Å²) in [6.07, 6.45) is -0.104. The Labute approximate surface area is 161 Å². The summed E-state index contributed by atoms with van der Waals surface area (Å²) in [6, 6.07) is 7.72. The second-order valence-electron chi connectivity index (χ2n) is 7.34. The van der Waals surface area contributed by atoms with Gasteiger partial charge in [-0.1, -0.05) is 24.3 Å². The third-order valence-electron chi connectivity index (χ3n) is 5.03. The van der Waals surface area contributed by atoms with E-state index in [0.29, 0.717) is 26.2 Å². The van der Waals surface area contributed by atoms with Crippen LogP contribution in [-0.4, -0.2) is 78.8 Å². The molecule has 3 atom stereocenters. The number of carboxylic acid groups (broad SMARTS) is 1. The van der Waals surface area contributed by atoms with E-state index >= 15 is 0 Å². The van der Waals surface area contributed by atoms with Crippen molar-refractivity contribution in [3.8, 4) is 0 Å². The van der Waals surface area contributed by atoms with Gasteiger partial charge in [0, 0.05) is 19.6 Å². The average Bonchev–Trinajstić information content (AvgIpc) is 2.60. The molecule has 1 aromatic carbocycles. The number of nitrogens with one attached hydrogen (secondary N) is 1. The zero-order valence-corrected chi connectivity index (χ0v) is 16.6. The molecule has 0 aliphatic carbocycles. The third-order valence-corrected chi connectivity index (χ3v) is 5.03. The number of aliphatic carboxylic acids is 1. The SMILES string of the molecule is Cc1ccccc1C(C)NC(=O)C(C)N1CCOC(CN(C)CC(=O)O)C1. The summed E-state index contributed by atoms with van der Waals surface area (Å²) in [5, 5.41) is 12.0. The molecular weight excluding hydrogens is 346 g/mol. The maximum atomic E-state index is 12.7. The lowest BCUT2D eigenvalue weighted by molar-refractivity contribution is -0.138. The fraction of sp³-hybridized carbons (Fsp3) is 0.600. The minimum Gasteiger partial charge on any atom is -0.480 e. The van der Waals surface area contributed by atoms with Crippen LogP contribution in [0.4, 0.5) is 0 Å². The van der Waals surface area contributed by atoms with Crippen LogP contribution in [-0.2, 0) is 14.3 Å². The Morgan fingerprint density at radius 1 is 1.37 bits per heavy atom. The Hall–Kier alpha value is -1.96. The zero-order valence-electron chi connectivity index (χ0n) is 16.6. The van der Waals surface area contributed by atoms with Gasteiger partial charge in [-0.3, -0.25) is 19.4 Å². The molecule has 1 aliphatic heterocycles. The standard InChI is InChI=1S/C20H31N3O4/c1-14-7-5-6-8-18(14)15(2)21-20(26)16(3)23-9-10-27-17(12-23)11-22(4)13-19(24)25/h5-8,15-17H,9-13H2,1-4H3,(H,21,26)(H,24,25). The van der Waals surface area contributed by atoms with Crippen LogP contribution in [0.25, 0.3) is 0 Å². The van der Waals surface area contributed by atoms with Gasteiger partial charge in [0.25, 0.3) is 0 Å². The molecule has 2 rings (SSSR count). The van der Waals surface area contributed by atoms with Crippen molar-refractivity contribution in [2.75, 3.05) is 39.8 Å². The number of hydrogen-bond donors (Lipinski definition) is 2. The Morgan fingerprint density at radius 2 is 2.07 bits per heavy atom. The number of benzene rings is 1. The summed E-state index contributed by atoms with van der Waals surface area (Å²) >= 11 is 0. The van der Waals surface area contributed by atoms with Gasteiger partial charge in [0.15, 0.2) is 0 Å². The van der Waals surface area contributed by atoms with Crippen molar-refractivity contribution in [3.63, 3.8) is 0 Å². The molecule has 0 bridgehead atoms. The smallest absolute Gasteiger partial charge is 0.317 e. The maximum Gasteiger partial charge on any atom is 0.317 e. The number of ether oxygens (including phenoxy) is 1. The number of hydrogen-bond acceptors (Lipinski definition) is 5. The predicted molar refractivity (Wildman–Crippen MR) is 104 cm³/mol. The van der Waals surface area contributed by atoms with Gasteiger partial charge in [0.1, 0.15) is 0 Å². The number of nitrogens with zero attached hydrogens (tertiary/aromatic N) is 2. The number of carboxylic acids is 1. The van der Waals surface area contributed by atoms with Crippen LogP contribution in [0.3, 0.4) is 0 Å². The molecule has 27 heavy (non-hydrogen) atoms. The van der Waals surface area contributed by atoms with Crippen LogP contribution in [0.15, 0.2) is 24.3 Å². The summed E-state index contributed by atoms with van der Waals surface area (Å²) in [7, 11) is 1.76. The van der Waals surface area contributed by atoms with Crippen molar-refractivity contribution in [1.82, 2.24) is 15.1 Å². The minimum atomic E-state index is -0.858. The Balaban J connectivity index is 1.89. The van der Waals surface area contributed by atoms with Crippen molar-refractivity contribution >= 4 is 11.9 Å². The van der Waals surface area contributed by atoms with Crippen LogP contribution < -0.4 is 5.32 Å². The number of morpholine rings is 1. The summed E-state index contributed by atoms with van der Waals surface area (Å²) < 4.78 is 5.75. The highest BCUT2D eigenvalue weighted by molar-refractivity contribution is 5.81. The summed E-state index contributed by atoms with van der Waals surface area (Å²) in [4.78, 5) is 27.4. The molecule has 3 unspecified atom stereocenters. The van der Waals surface area contributed by atoms with Crippen molar-refractivity contribution in [2.45, 2.75) is 39.0 Å². The first-order valence-corrected chi connectivity index (χ1v) is 9.39. The van der Waals surface area contributed by atoms with E-state index in [1.165, 1.54) is 0 Å². The second-order valence-corrected chi connectivity index (χ2v) is 7.34. The molecular formula is C20H31N3O4. The van der Waals surface area contributed by atoms with Gasteiger partial charge in [-0.05, 0) is 38.9 Å². The fourth-order valence-electron chi connectivity index (χ4n) is 3.50. The number of likely N-dealkylation sites (N-methyl/N-ethyl adjacent to an activating group) is 1. The molecule has 0 saturated carbocycles. The molecule has 1 saturated heterocycles. The van der Waals surface area contributed by atoms with Crippen molar-refractivity contribution < 1.29 is 19.4 Å². The van der Waals surface area contributed by atoms with E-state index in [1.54, 1.807) is 11.9 Å². The normalized spacial score (nSPS) is 20.3. The number of aryl methyl sites for hydroxylation is 1. The van der Waals surface area contributed by atoms with E-state index in [0.717, 1.165) is 11.1 Å². The predicted octanol–water partition coefficient (Wildman–Crippen LogP) is 1.28. The first-order chi connectivity index (χ1) is 12.8. The van der Waals surface area contributed by atoms with E-state index < -0.39 is 5.97 Å². The average molecular weight is 377 g/mol. The third kappa shape index (κ3) is 6.30. The first-order valence-electron chi connectivity index (χ1n) is 9.39.